The van der Waals surface area contributed by atoms with Gasteiger partial charge in [0.2, 0.25) is 0 Å². The Hall–Kier alpha value is -2.11. The first-order valence-electron chi connectivity index (χ1n) is 7.74. The number of nitrogens with one attached hydrogen (secondary N) is 1. The number of fused-ring (bicyclic) bond motifs is 1. The first-order chi connectivity index (χ1) is 10.4. The largest absolute Gasteiger partial charge is 0.444 e. The van der Waals surface area contributed by atoms with Gasteiger partial charge in [0, 0.05) is 12.7 Å². The van der Waals surface area contributed by atoms with E-state index in [2.05, 4.69) is 15.0 Å². The van der Waals surface area contributed by atoms with Crippen molar-refractivity contribution in [2.24, 2.45) is 0 Å². The van der Waals surface area contributed by atoms with Crippen LogP contribution in [0.1, 0.15) is 51.9 Å². The first kappa shape index (κ1) is 14.8. The van der Waals surface area contributed by atoms with Crippen molar-refractivity contribution in [1.29, 1.82) is 0 Å². The van der Waals surface area contributed by atoms with E-state index in [9.17, 15) is 4.79 Å². The zero-order valence-electron chi connectivity index (χ0n) is 13.3. The third-order valence-corrected chi connectivity index (χ3v) is 3.72. The molecule has 1 aliphatic rings. The summed E-state index contributed by atoms with van der Waals surface area (Å²) in [7, 11) is 0. The van der Waals surface area contributed by atoms with Crippen LogP contribution in [0.5, 0.6) is 0 Å². The highest BCUT2D eigenvalue weighted by Gasteiger charge is 2.33. The van der Waals surface area contributed by atoms with Gasteiger partial charge < -0.3 is 9.72 Å². The van der Waals surface area contributed by atoms with Crippen LogP contribution >= 0.6 is 0 Å². The van der Waals surface area contributed by atoms with Crippen LogP contribution in [0.3, 0.4) is 0 Å². The number of aromatic nitrogens is 3. The van der Waals surface area contributed by atoms with E-state index in [1.807, 2.05) is 32.9 Å². The van der Waals surface area contributed by atoms with E-state index in [-0.39, 0.29) is 12.1 Å². The molecule has 0 aromatic carbocycles. The first-order valence-corrected chi connectivity index (χ1v) is 7.74. The van der Waals surface area contributed by atoms with E-state index in [1.54, 1.807) is 11.1 Å². The standard InChI is InChI=1S/C16H22N4O2/c1-16(2,3)22-15(21)20-10-5-4-8-12(20)14-18-11-7-6-9-17-13(11)19-14/h6-7,9,12H,4-5,8,10H2,1-3H3,(H,17,18,19). The molecule has 3 rings (SSSR count). The molecule has 1 unspecified atom stereocenters. The Balaban J connectivity index is 1.87. The van der Waals surface area contributed by atoms with Crippen molar-refractivity contribution in [3.63, 3.8) is 0 Å². The zero-order valence-corrected chi connectivity index (χ0v) is 13.3. The molecule has 6 nitrogen and oxygen atoms in total. The molecule has 1 fully saturated rings. The van der Waals surface area contributed by atoms with Gasteiger partial charge in [0.1, 0.15) is 11.4 Å². The van der Waals surface area contributed by atoms with Crippen LogP contribution in [-0.2, 0) is 4.74 Å². The van der Waals surface area contributed by atoms with Gasteiger partial charge in [0.15, 0.2) is 5.65 Å². The number of carbonyl (C=O) groups excluding carboxylic acids is 1. The molecule has 118 valence electrons. The summed E-state index contributed by atoms with van der Waals surface area (Å²) >= 11 is 0. The number of piperidine rings is 1. The van der Waals surface area contributed by atoms with Crippen molar-refractivity contribution in [2.75, 3.05) is 6.54 Å². The summed E-state index contributed by atoms with van der Waals surface area (Å²) in [6, 6.07) is 3.74. The Morgan fingerprint density at radius 2 is 2.23 bits per heavy atom. The van der Waals surface area contributed by atoms with Gasteiger partial charge in [-0.25, -0.2) is 14.8 Å². The van der Waals surface area contributed by atoms with Crippen molar-refractivity contribution in [3.8, 4) is 0 Å². The van der Waals surface area contributed by atoms with E-state index in [0.29, 0.717) is 12.2 Å². The van der Waals surface area contributed by atoms with E-state index in [4.69, 9.17) is 4.74 Å². The highest BCUT2D eigenvalue weighted by Crippen LogP contribution is 2.31. The normalized spacial score (nSPS) is 19.4. The molecule has 2 aromatic rings. The molecule has 1 aliphatic heterocycles. The lowest BCUT2D eigenvalue weighted by Gasteiger charge is -2.35. The Labute approximate surface area is 129 Å². The van der Waals surface area contributed by atoms with Crippen LogP contribution in [-0.4, -0.2) is 38.1 Å². The average molecular weight is 302 g/mol. The maximum atomic E-state index is 12.5. The Morgan fingerprint density at radius 3 is 2.95 bits per heavy atom. The molecule has 1 atom stereocenters. The number of rotatable bonds is 1. The fraction of sp³-hybridized carbons (Fsp3) is 0.562. The SMILES string of the molecule is CC(C)(C)OC(=O)N1CCCCC1c1nc2ncccc2[nH]1. The summed E-state index contributed by atoms with van der Waals surface area (Å²) in [5, 5.41) is 0. The molecule has 2 aromatic heterocycles. The topological polar surface area (TPSA) is 71.1 Å². The van der Waals surface area contributed by atoms with Crippen LogP contribution in [0.15, 0.2) is 18.3 Å². The second-order valence-corrected chi connectivity index (χ2v) is 6.68. The zero-order chi connectivity index (χ0) is 15.7. The van der Waals surface area contributed by atoms with Gasteiger partial charge in [-0.2, -0.15) is 0 Å². The minimum absolute atomic E-state index is 0.0715. The van der Waals surface area contributed by atoms with Gasteiger partial charge in [0.25, 0.3) is 0 Å². The van der Waals surface area contributed by atoms with Crippen molar-refractivity contribution in [1.82, 2.24) is 19.9 Å². The van der Waals surface area contributed by atoms with Gasteiger partial charge >= 0.3 is 6.09 Å². The number of H-pyrrole nitrogens is 1. The molecule has 0 radical (unpaired) electrons. The monoisotopic (exact) mass is 302 g/mol. The smallest absolute Gasteiger partial charge is 0.410 e. The Kier molecular flexibility index (Phi) is 3.76. The van der Waals surface area contributed by atoms with Gasteiger partial charge in [-0.1, -0.05) is 0 Å². The third-order valence-electron chi connectivity index (χ3n) is 3.72. The predicted octanol–water partition coefficient (Wildman–Crippen LogP) is 3.42. The Bertz CT molecular complexity index is 641. The van der Waals surface area contributed by atoms with Gasteiger partial charge in [-0.15, -0.1) is 0 Å². The molecular weight excluding hydrogens is 280 g/mol. The minimum Gasteiger partial charge on any atom is -0.444 e. The number of hydrogen-bond donors (Lipinski definition) is 1. The highest BCUT2D eigenvalue weighted by atomic mass is 16.6. The molecule has 0 bridgehead atoms. The summed E-state index contributed by atoms with van der Waals surface area (Å²) in [6.45, 7) is 6.35. The van der Waals surface area contributed by atoms with Crippen molar-refractivity contribution in [2.45, 2.75) is 51.7 Å². The maximum Gasteiger partial charge on any atom is 0.410 e. The van der Waals surface area contributed by atoms with Crippen molar-refractivity contribution < 1.29 is 9.53 Å². The fourth-order valence-electron chi connectivity index (χ4n) is 2.78. The number of pyridine rings is 1. The van der Waals surface area contributed by atoms with E-state index in [1.165, 1.54) is 0 Å². The van der Waals surface area contributed by atoms with Crippen LogP contribution in [0, 0.1) is 0 Å². The number of hydrogen-bond acceptors (Lipinski definition) is 4. The van der Waals surface area contributed by atoms with E-state index < -0.39 is 5.60 Å². The van der Waals surface area contributed by atoms with E-state index in [0.717, 1.165) is 30.6 Å². The lowest BCUT2D eigenvalue weighted by Crippen LogP contribution is -2.42. The number of nitrogens with zero attached hydrogens (tertiary/aromatic N) is 3. The number of ether oxygens (including phenoxy) is 1. The molecule has 1 amide bonds. The summed E-state index contributed by atoms with van der Waals surface area (Å²) in [5.74, 6) is 0.791. The molecule has 6 heteroatoms. The Morgan fingerprint density at radius 1 is 1.41 bits per heavy atom. The fourth-order valence-corrected chi connectivity index (χ4v) is 2.78. The summed E-state index contributed by atoms with van der Waals surface area (Å²) in [4.78, 5) is 26.3. The number of aromatic amines is 1. The minimum atomic E-state index is -0.492. The van der Waals surface area contributed by atoms with Gasteiger partial charge in [-0.05, 0) is 52.2 Å². The molecule has 1 N–H and O–H groups in total. The lowest BCUT2D eigenvalue weighted by atomic mass is 10.0. The molecule has 22 heavy (non-hydrogen) atoms. The summed E-state index contributed by atoms with van der Waals surface area (Å²) < 4.78 is 5.53. The second-order valence-electron chi connectivity index (χ2n) is 6.68. The predicted molar refractivity (Wildman–Crippen MR) is 83.4 cm³/mol. The maximum absolute atomic E-state index is 12.5. The quantitative estimate of drug-likeness (QED) is 0.876. The lowest BCUT2D eigenvalue weighted by molar-refractivity contribution is 0.00857. The number of imidazole rings is 1. The van der Waals surface area contributed by atoms with Crippen LogP contribution in [0.2, 0.25) is 0 Å². The van der Waals surface area contributed by atoms with E-state index >= 15 is 0 Å². The number of amides is 1. The van der Waals surface area contributed by atoms with Crippen LogP contribution in [0.4, 0.5) is 4.79 Å². The second kappa shape index (κ2) is 5.59. The molecular formula is C16H22N4O2. The molecule has 0 saturated carbocycles. The molecule has 1 saturated heterocycles. The summed E-state index contributed by atoms with van der Waals surface area (Å²) in [5.41, 5.74) is 1.09. The van der Waals surface area contributed by atoms with Gasteiger partial charge in [-0.3, -0.25) is 4.90 Å². The molecule has 0 aliphatic carbocycles. The van der Waals surface area contributed by atoms with Crippen LogP contribution in [0.25, 0.3) is 11.2 Å². The molecule has 3 heterocycles. The van der Waals surface area contributed by atoms with Crippen molar-refractivity contribution in [3.05, 3.63) is 24.2 Å². The number of likely N-dealkylation sites (tertiary alicyclic amines) is 1. The molecule has 0 spiro atoms. The highest BCUT2D eigenvalue weighted by molar-refractivity contribution is 5.71. The van der Waals surface area contributed by atoms with Crippen molar-refractivity contribution >= 4 is 17.3 Å². The summed E-state index contributed by atoms with van der Waals surface area (Å²) in [6.07, 6.45) is 4.41. The van der Waals surface area contributed by atoms with Gasteiger partial charge in [0.05, 0.1) is 11.6 Å². The third kappa shape index (κ3) is 3.05. The number of carbonyl (C=O) groups is 1. The average Bonchev–Trinajstić information content (AvgIpc) is 2.89. The van der Waals surface area contributed by atoms with Crippen LogP contribution < -0.4 is 0 Å².